The molecule has 0 radical (unpaired) electrons. The van der Waals surface area contributed by atoms with Crippen molar-refractivity contribution in [2.45, 2.75) is 169 Å². The van der Waals surface area contributed by atoms with Gasteiger partial charge in [-0.2, -0.15) is 0 Å². The van der Waals surface area contributed by atoms with Crippen LogP contribution in [-0.4, -0.2) is 5.78 Å². The smallest absolute Gasteiger partial charge is 0.360 e. The highest BCUT2D eigenvalue weighted by Gasteiger charge is 2.27. The number of hydrogen-bond acceptors (Lipinski definition) is 3. The molecule has 310 valence electrons. The van der Waals surface area contributed by atoms with Crippen LogP contribution in [0.3, 0.4) is 0 Å². The molecule has 0 spiro atoms. The van der Waals surface area contributed by atoms with Gasteiger partial charge in [0.1, 0.15) is 11.5 Å². The van der Waals surface area contributed by atoms with E-state index in [2.05, 4.69) is 76.2 Å². The number of Topliss-reactive ketones (excluding diaryl/α,β-unsaturated/α-hetero) is 1. The lowest BCUT2D eigenvalue weighted by Gasteiger charge is -2.29. The molecule has 2 aliphatic rings. The van der Waals surface area contributed by atoms with Crippen LogP contribution in [-0.2, 0) is 28.8 Å². The molecule has 1 aliphatic heterocycles. The van der Waals surface area contributed by atoms with Gasteiger partial charge < -0.3 is 9.84 Å². The number of ether oxygens (including phenoxy) is 1. The Kier molecular flexibility index (Phi) is 18.8. The Morgan fingerprint density at radius 3 is 1.67 bits per heavy atom. The molecule has 5 rings (SSSR count). The molecule has 0 saturated heterocycles. The SMILES string of the molecule is CCCCCCCCc1ccc(C2=CC(=CC3=C([O-])C(=Cc4cc(CCCCC)[o+]c(-c5ccc(CCCCCCCC)cc5)c4)C3=O)C=C(CCCCC)O2)cc1. The summed E-state index contributed by atoms with van der Waals surface area (Å²) in [6.45, 7) is 8.91. The molecule has 4 nitrogen and oxygen atoms in total. The maximum atomic E-state index is 13.7. The topological polar surface area (TPSA) is 60.7 Å². The fourth-order valence-electron chi connectivity index (χ4n) is 7.87. The van der Waals surface area contributed by atoms with Crippen LogP contribution < -0.4 is 5.11 Å². The fraction of sp³-hybridized carbons (Fsp3) is 0.481. The molecular formula is C54H70O4. The van der Waals surface area contributed by atoms with Crippen molar-refractivity contribution in [2.75, 3.05) is 0 Å². The number of rotatable bonds is 26. The van der Waals surface area contributed by atoms with Crippen molar-refractivity contribution >= 4 is 17.6 Å². The zero-order valence-electron chi connectivity index (χ0n) is 36.3. The van der Waals surface area contributed by atoms with Crippen LogP contribution in [0.5, 0.6) is 0 Å². The van der Waals surface area contributed by atoms with E-state index < -0.39 is 0 Å². The van der Waals surface area contributed by atoms with Crippen molar-refractivity contribution in [3.63, 3.8) is 0 Å². The van der Waals surface area contributed by atoms with Crippen molar-refractivity contribution in [1.29, 1.82) is 0 Å². The third-order valence-electron chi connectivity index (χ3n) is 11.5. The number of benzene rings is 2. The zero-order valence-corrected chi connectivity index (χ0v) is 36.3. The molecule has 0 fully saturated rings. The maximum Gasteiger partial charge on any atom is 0.360 e. The Morgan fingerprint density at radius 2 is 1.09 bits per heavy atom. The first-order valence-corrected chi connectivity index (χ1v) is 23.1. The second kappa shape index (κ2) is 24.5. The number of hydrogen-bond donors (Lipinski definition) is 0. The van der Waals surface area contributed by atoms with Crippen molar-refractivity contribution in [1.82, 2.24) is 0 Å². The van der Waals surface area contributed by atoms with Gasteiger partial charge in [0.2, 0.25) is 0 Å². The van der Waals surface area contributed by atoms with Gasteiger partial charge in [-0.25, -0.2) is 4.42 Å². The monoisotopic (exact) mass is 783 g/mol. The highest BCUT2D eigenvalue weighted by Crippen LogP contribution is 2.35. The number of allylic oxidation sites excluding steroid dienone is 7. The van der Waals surface area contributed by atoms with Crippen LogP contribution in [0.1, 0.15) is 178 Å². The van der Waals surface area contributed by atoms with Gasteiger partial charge in [-0.15, -0.1) is 0 Å². The van der Waals surface area contributed by atoms with Crippen molar-refractivity contribution in [3.05, 3.63) is 135 Å². The molecule has 0 unspecified atom stereocenters. The minimum Gasteiger partial charge on any atom is -0.871 e. The predicted molar refractivity (Wildman–Crippen MR) is 242 cm³/mol. The summed E-state index contributed by atoms with van der Waals surface area (Å²) in [4.78, 5) is 13.7. The average Bonchev–Trinajstić information content (AvgIpc) is 3.25. The summed E-state index contributed by atoms with van der Waals surface area (Å²) in [6, 6.07) is 21.3. The molecule has 4 heteroatoms. The van der Waals surface area contributed by atoms with Crippen molar-refractivity contribution in [3.8, 4) is 11.3 Å². The summed E-state index contributed by atoms with van der Waals surface area (Å²) in [6.07, 6.45) is 33.3. The van der Waals surface area contributed by atoms with Gasteiger partial charge in [0.25, 0.3) is 0 Å². The molecule has 0 bridgehead atoms. The van der Waals surface area contributed by atoms with E-state index in [0.717, 1.165) is 110 Å². The lowest BCUT2D eigenvalue weighted by Crippen LogP contribution is -2.29. The van der Waals surface area contributed by atoms with Gasteiger partial charge in [-0.1, -0.05) is 160 Å². The van der Waals surface area contributed by atoms with Crippen LogP contribution in [0.15, 0.2) is 112 Å². The number of aryl methyl sites for hydroxylation is 3. The summed E-state index contributed by atoms with van der Waals surface area (Å²) in [5.74, 6) is 2.83. The average molecular weight is 783 g/mol. The summed E-state index contributed by atoms with van der Waals surface area (Å²) in [7, 11) is 0. The number of carbonyl (C=O) groups is 1. The molecule has 1 aliphatic carbocycles. The molecule has 0 saturated carbocycles. The Labute approximate surface area is 350 Å². The van der Waals surface area contributed by atoms with Gasteiger partial charge >= 0.3 is 11.5 Å². The summed E-state index contributed by atoms with van der Waals surface area (Å²) in [5, 5.41) is 13.7. The van der Waals surface area contributed by atoms with E-state index in [9.17, 15) is 9.90 Å². The Balaban J connectivity index is 1.34. The second-order valence-electron chi connectivity index (χ2n) is 16.6. The van der Waals surface area contributed by atoms with Gasteiger partial charge in [0.15, 0.2) is 5.78 Å². The molecule has 2 aromatic carbocycles. The normalized spacial score (nSPS) is 15.5. The van der Waals surface area contributed by atoms with E-state index in [0.29, 0.717) is 0 Å². The van der Waals surface area contributed by atoms with E-state index >= 15 is 0 Å². The Morgan fingerprint density at radius 1 is 0.569 bits per heavy atom. The van der Waals surface area contributed by atoms with Gasteiger partial charge in [0.05, 0.1) is 18.1 Å². The van der Waals surface area contributed by atoms with E-state index in [1.165, 1.54) is 88.2 Å². The van der Waals surface area contributed by atoms with Crippen LogP contribution in [0.2, 0.25) is 0 Å². The van der Waals surface area contributed by atoms with E-state index in [1.807, 2.05) is 24.3 Å². The maximum absolute atomic E-state index is 13.7. The lowest BCUT2D eigenvalue weighted by atomic mass is 9.85. The molecule has 0 N–H and O–H groups in total. The number of carbonyl (C=O) groups excluding carboxylic acids is 1. The molecule has 2 heterocycles. The van der Waals surface area contributed by atoms with E-state index in [4.69, 9.17) is 9.15 Å². The fourth-order valence-corrected chi connectivity index (χ4v) is 7.87. The largest absolute Gasteiger partial charge is 0.871 e. The number of unbranched alkanes of at least 4 members (excludes halogenated alkanes) is 14. The summed E-state index contributed by atoms with van der Waals surface area (Å²) < 4.78 is 12.9. The van der Waals surface area contributed by atoms with Crippen LogP contribution in [0.25, 0.3) is 23.2 Å². The van der Waals surface area contributed by atoms with Crippen molar-refractivity contribution < 1.29 is 19.1 Å². The quantitative estimate of drug-likeness (QED) is 0.0462. The van der Waals surface area contributed by atoms with Crippen LogP contribution in [0.4, 0.5) is 0 Å². The first kappa shape index (κ1) is 44.7. The third-order valence-corrected chi connectivity index (χ3v) is 11.5. The molecular weight excluding hydrogens is 713 g/mol. The lowest BCUT2D eigenvalue weighted by molar-refractivity contribution is -0.300. The van der Waals surface area contributed by atoms with Crippen molar-refractivity contribution in [2.24, 2.45) is 0 Å². The Bertz CT molecular complexity index is 1900. The van der Waals surface area contributed by atoms with E-state index in [-0.39, 0.29) is 22.7 Å². The molecule has 0 atom stereocenters. The highest BCUT2D eigenvalue weighted by atomic mass is 16.5. The molecule has 1 aromatic heterocycles. The third kappa shape index (κ3) is 13.8. The first-order chi connectivity index (χ1) is 28.4. The standard InChI is InChI=1S/C54H70O4/c1-5-9-13-15-17-21-23-41-27-31-45(32-28-41)51-39-43(35-47(57-51)25-19-11-7-3)37-49-53(55)50(54(49)56)38-44-36-48(26-20-12-8-4)58-52(40-44)46-33-29-42(30-34-46)24-22-18-16-14-10-6-2/h27-40H,5-26H2,1-4H3. The van der Waals surface area contributed by atoms with Crippen LogP contribution >= 0.6 is 0 Å². The predicted octanol–water partition coefficient (Wildman–Crippen LogP) is 14.8. The van der Waals surface area contributed by atoms with Gasteiger partial charge in [-0.3, -0.25) is 4.79 Å². The highest BCUT2D eigenvalue weighted by molar-refractivity contribution is 6.23. The minimum absolute atomic E-state index is 0.215. The zero-order chi connectivity index (χ0) is 41.0. The van der Waals surface area contributed by atoms with Crippen LogP contribution in [0, 0.1) is 0 Å². The summed E-state index contributed by atoms with van der Waals surface area (Å²) in [5.41, 5.74) is 6.77. The Hall–Kier alpha value is -4.44. The van der Waals surface area contributed by atoms with Gasteiger partial charge in [0, 0.05) is 29.2 Å². The summed E-state index contributed by atoms with van der Waals surface area (Å²) >= 11 is 0. The van der Waals surface area contributed by atoms with Gasteiger partial charge in [-0.05, 0) is 97.2 Å². The molecule has 0 amide bonds. The molecule has 3 aromatic rings. The number of ketones is 1. The van der Waals surface area contributed by atoms with E-state index in [1.54, 1.807) is 12.2 Å². The first-order valence-electron chi connectivity index (χ1n) is 23.1. The second-order valence-corrected chi connectivity index (χ2v) is 16.6. The minimum atomic E-state index is -0.215. The molecule has 58 heavy (non-hydrogen) atoms.